The second kappa shape index (κ2) is 10.5. The molecule has 1 heterocycles. The first kappa shape index (κ1) is 22.9. The minimum atomic E-state index is -0.707. The number of benzene rings is 3. The molecular formula is C28H32N2O3. The van der Waals surface area contributed by atoms with E-state index in [1.165, 1.54) is 0 Å². The standard InChI is InChI=1S/C28H32N2O3/c1-29(2)25-15-13-22(14-16-25)27(30-17-7-11-24(19-30)28(31)32)23-10-6-12-26(18-23)33-20-21-8-4-3-5-9-21/h3-6,8-10,12-16,18,24,27H,7,11,17,19-20H2,1-2H3,(H,31,32). The molecule has 0 spiro atoms. The van der Waals surface area contributed by atoms with E-state index in [0.29, 0.717) is 13.2 Å². The van der Waals surface area contributed by atoms with Crippen molar-refractivity contribution in [1.29, 1.82) is 0 Å². The van der Waals surface area contributed by atoms with Crippen LogP contribution in [-0.2, 0) is 11.4 Å². The highest BCUT2D eigenvalue weighted by Gasteiger charge is 2.31. The Kier molecular flexibility index (Phi) is 7.30. The largest absolute Gasteiger partial charge is 0.489 e. The van der Waals surface area contributed by atoms with Crippen LogP contribution in [0.3, 0.4) is 0 Å². The molecule has 1 fully saturated rings. The molecule has 0 aliphatic carbocycles. The van der Waals surface area contributed by atoms with Crippen LogP contribution in [0.5, 0.6) is 5.75 Å². The summed E-state index contributed by atoms with van der Waals surface area (Å²) in [6, 6.07) is 26.9. The first-order valence-electron chi connectivity index (χ1n) is 11.5. The number of carboxylic acids is 1. The van der Waals surface area contributed by atoms with E-state index in [4.69, 9.17) is 4.74 Å². The van der Waals surface area contributed by atoms with Gasteiger partial charge >= 0.3 is 5.97 Å². The maximum atomic E-state index is 11.7. The Morgan fingerprint density at radius 3 is 2.48 bits per heavy atom. The van der Waals surface area contributed by atoms with Crippen LogP contribution < -0.4 is 9.64 Å². The smallest absolute Gasteiger partial charge is 0.307 e. The molecule has 5 nitrogen and oxygen atoms in total. The highest BCUT2D eigenvalue weighted by molar-refractivity contribution is 5.70. The monoisotopic (exact) mass is 444 g/mol. The van der Waals surface area contributed by atoms with Crippen LogP contribution >= 0.6 is 0 Å². The lowest BCUT2D eigenvalue weighted by Crippen LogP contribution is -2.41. The van der Waals surface area contributed by atoms with Crippen LogP contribution in [0.4, 0.5) is 5.69 Å². The molecule has 1 saturated heterocycles. The molecule has 172 valence electrons. The van der Waals surface area contributed by atoms with Gasteiger partial charge in [-0.2, -0.15) is 0 Å². The molecule has 2 atom stereocenters. The fourth-order valence-corrected chi connectivity index (χ4v) is 4.53. The highest BCUT2D eigenvalue weighted by Crippen LogP contribution is 2.35. The number of carboxylic acid groups (broad SMARTS) is 1. The van der Waals surface area contributed by atoms with E-state index in [2.05, 4.69) is 58.3 Å². The van der Waals surface area contributed by atoms with Crippen LogP contribution in [0.2, 0.25) is 0 Å². The molecule has 3 aromatic carbocycles. The van der Waals surface area contributed by atoms with Gasteiger partial charge in [0.05, 0.1) is 12.0 Å². The number of likely N-dealkylation sites (tertiary alicyclic amines) is 1. The Morgan fingerprint density at radius 2 is 1.79 bits per heavy atom. The summed E-state index contributed by atoms with van der Waals surface area (Å²) in [6.07, 6.45) is 1.62. The zero-order chi connectivity index (χ0) is 23.2. The average molecular weight is 445 g/mol. The third kappa shape index (κ3) is 5.74. The molecule has 0 bridgehead atoms. The van der Waals surface area contributed by atoms with Gasteiger partial charge in [0.2, 0.25) is 0 Å². The number of hydrogen-bond acceptors (Lipinski definition) is 4. The summed E-state index contributed by atoms with van der Waals surface area (Å²) in [5.74, 6) is -0.223. The molecule has 4 rings (SSSR count). The SMILES string of the molecule is CN(C)c1ccc(C(c2cccc(OCc3ccccc3)c2)N2CCCC(C(=O)O)C2)cc1. The van der Waals surface area contributed by atoms with Gasteiger partial charge in [-0.3, -0.25) is 9.69 Å². The summed E-state index contributed by atoms with van der Waals surface area (Å²) in [4.78, 5) is 16.1. The maximum Gasteiger partial charge on any atom is 0.307 e. The number of carbonyl (C=O) groups is 1. The summed E-state index contributed by atoms with van der Waals surface area (Å²) >= 11 is 0. The predicted octanol–water partition coefficient (Wildman–Crippen LogP) is 5.22. The van der Waals surface area contributed by atoms with E-state index >= 15 is 0 Å². The van der Waals surface area contributed by atoms with E-state index < -0.39 is 5.97 Å². The quantitative estimate of drug-likeness (QED) is 0.516. The summed E-state index contributed by atoms with van der Waals surface area (Å²) in [6.45, 7) is 1.93. The molecule has 0 amide bonds. The van der Waals surface area contributed by atoms with Crippen molar-refractivity contribution in [1.82, 2.24) is 4.90 Å². The molecule has 33 heavy (non-hydrogen) atoms. The van der Waals surface area contributed by atoms with Gasteiger partial charge in [-0.15, -0.1) is 0 Å². The molecule has 0 saturated carbocycles. The minimum Gasteiger partial charge on any atom is -0.489 e. The van der Waals surface area contributed by atoms with Gasteiger partial charge in [0.15, 0.2) is 0 Å². The van der Waals surface area contributed by atoms with Gasteiger partial charge < -0.3 is 14.7 Å². The van der Waals surface area contributed by atoms with Crippen LogP contribution in [0, 0.1) is 5.92 Å². The molecule has 5 heteroatoms. The fourth-order valence-electron chi connectivity index (χ4n) is 4.53. The molecule has 1 aliphatic rings. The Hall–Kier alpha value is -3.31. The predicted molar refractivity (Wildman–Crippen MR) is 132 cm³/mol. The normalized spacial score (nSPS) is 17.3. The number of piperidine rings is 1. The van der Waals surface area contributed by atoms with Gasteiger partial charge in [0.25, 0.3) is 0 Å². The third-order valence-corrected chi connectivity index (χ3v) is 6.31. The van der Waals surface area contributed by atoms with Crippen molar-refractivity contribution in [2.24, 2.45) is 5.92 Å². The average Bonchev–Trinajstić information content (AvgIpc) is 2.84. The van der Waals surface area contributed by atoms with Crippen molar-refractivity contribution in [3.63, 3.8) is 0 Å². The first-order chi connectivity index (χ1) is 16.0. The van der Waals surface area contributed by atoms with E-state index in [9.17, 15) is 9.90 Å². The zero-order valence-corrected chi connectivity index (χ0v) is 19.4. The molecule has 0 radical (unpaired) electrons. The molecular weight excluding hydrogens is 412 g/mol. The number of aliphatic carboxylic acids is 1. The van der Waals surface area contributed by atoms with Crippen molar-refractivity contribution >= 4 is 11.7 Å². The lowest BCUT2D eigenvalue weighted by Gasteiger charge is -2.37. The summed E-state index contributed by atoms with van der Waals surface area (Å²) in [5.41, 5.74) is 4.54. The Labute approximate surface area is 196 Å². The van der Waals surface area contributed by atoms with E-state index in [1.807, 2.05) is 44.4 Å². The van der Waals surface area contributed by atoms with Crippen LogP contribution in [0.1, 0.15) is 35.6 Å². The van der Waals surface area contributed by atoms with Crippen molar-refractivity contribution < 1.29 is 14.6 Å². The van der Waals surface area contributed by atoms with E-state index in [0.717, 1.165) is 47.5 Å². The lowest BCUT2D eigenvalue weighted by atomic mass is 9.91. The number of anilines is 1. The van der Waals surface area contributed by atoms with Gasteiger partial charge in [-0.1, -0.05) is 54.6 Å². The topological polar surface area (TPSA) is 53.0 Å². The fraction of sp³-hybridized carbons (Fsp3) is 0.321. The summed E-state index contributed by atoms with van der Waals surface area (Å²) < 4.78 is 6.10. The molecule has 2 unspecified atom stereocenters. The number of rotatable bonds is 8. The second-order valence-corrected chi connectivity index (χ2v) is 8.91. The second-order valence-electron chi connectivity index (χ2n) is 8.91. The molecule has 1 aliphatic heterocycles. The molecule has 3 aromatic rings. The number of nitrogens with zero attached hydrogens (tertiary/aromatic N) is 2. The van der Waals surface area contributed by atoms with Gasteiger partial charge in [-0.05, 0) is 60.3 Å². The highest BCUT2D eigenvalue weighted by atomic mass is 16.5. The van der Waals surface area contributed by atoms with Crippen molar-refractivity contribution in [3.8, 4) is 5.75 Å². The van der Waals surface area contributed by atoms with Crippen LogP contribution in [0.15, 0.2) is 78.9 Å². The minimum absolute atomic E-state index is 0.0244. The van der Waals surface area contributed by atoms with Crippen molar-refractivity contribution in [3.05, 3.63) is 95.6 Å². The summed E-state index contributed by atoms with van der Waals surface area (Å²) in [7, 11) is 4.06. The summed E-state index contributed by atoms with van der Waals surface area (Å²) in [5, 5.41) is 9.65. The number of ether oxygens (including phenoxy) is 1. The van der Waals surface area contributed by atoms with Gasteiger partial charge in [-0.25, -0.2) is 0 Å². The first-order valence-corrected chi connectivity index (χ1v) is 11.5. The number of hydrogen-bond donors (Lipinski definition) is 1. The van der Waals surface area contributed by atoms with Crippen LogP contribution in [0.25, 0.3) is 0 Å². The van der Waals surface area contributed by atoms with Crippen molar-refractivity contribution in [2.75, 3.05) is 32.1 Å². The zero-order valence-electron chi connectivity index (χ0n) is 19.4. The lowest BCUT2D eigenvalue weighted by molar-refractivity contribution is -0.143. The Balaban J connectivity index is 1.63. The Bertz CT molecular complexity index is 1050. The maximum absolute atomic E-state index is 11.7. The molecule has 0 aromatic heterocycles. The van der Waals surface area contributed by atoms with E-state index in [1.54, 1.807) is 0 Å². The van der Waals surface area contributed by atoms with Crippen LogP contribution in [-0.4, -0.2) is 43.2 Å². The molecule has 1 N–H and O–H groups in total. The van der Waals surface area contributed by atoms with Gasteiger partial charge in [0.1, 0.15) is 12.4 Å². The van der Waals surface area contributed by atoms with Gasteiger partial charge in [0, 0.05) is 26.3 Å². The third-order valence-electron chi connectivity index (χ3n) is 6.31. The Morgan fingerprint density at radius 1 is 1.03 bits per heavy atom. The van der Waals surface area contributed by atoms with Crippen molar-refractivity contribution in [2.45, 2.75) is 25.5 Å². The van der Waals surface area contributed by atoms with E-state index in [-0.39, 0.29) is 12.0 Å².